The van der Waals surface area contributed by atoms with Crippen LogP contribution in [0.1, 0.15) is 15.2 Å². The number of thiophene rings is 1. The molecule has 0 saturated carbocycles. The summed E-state index contributed by atoms with van der Waals surface area (Å²) < 4.78 is 27.6. The van der Waals surface area contributed by atoms with Gasteiger partial charge in [0, 0.05) is 37.2 Å². The number of hydrogen-bond donors (Lipinski definition) is 0. The Hall–Kier alpha value is -2.78. The number of fused-ring (bicyclic) bond motifs is 5. The van der Waals surface area contributed by atoms with Gasteiger partial charge in [-0.05, 0) is 37.5 Å². The van der Waals surface area contributed by atoms with Crippen LogP contribution in [0.15, 0.2) is 60.9 Å². The van der Waals surface area contributed by atoms with Crippen molar-refractivity contribution in [1.29, 1.82) is 0 Å². The summed E-state index contributed by atoms with van der Waals surface area (Å²) in [5.41, 5.74) is 4.50. The number of hydrogen-bond acceptors (Lipinski definition) is 2. The lowest BCUT2D eigenvalue weighted by Gasteiger charge is -2.06. The van der Waals surface area contributed by atoms with Gasteiger partial charge in [-0.2, -0.15) is 4.57 Å². The van der Waals surface area contributed by atoms with Crippen molar-refractivity contribution in [1.82, 2.24) is 4.98 Å². The van der Waals surface area contributed by atoms with E-state index in [1.807, 2.05) is 32.3 Å². The lowest BCUT2D eigenvalue weighted by atomic mass is 10.0. The Balaban J connectivity index is 1.85. The first-order valence-electron chi connectivity index (χ1n) is 10.0. The minimum atomic E-state index is -2.10. The molecule has 0 atom stereocenters. The van der Waals surface area contributed by atoms with Gasteiger partial charge in [0.25, 0.3) is 0 Å². The Bertz CT molecular complexity index is 1420. The molecule has 0 amide bonds. The average molecular weight is 359 g/mol. The molecule has 0 aliphatic heterocycles. The molecule has 126 valence electrons. The van der Waals surface area contributed by atoms with Crippen LogP contribution in [0.4, 0.5) is 0 Å². The normalized spacial score (nSPS) is 13.8. The standard InChI is InChI=1S/C23H19N2S/c1-14-6-8-17(15(2)13-14)22-23-18(10-12-25(22)3)20-19(26-23)9-7-16-5-4-11-24-21(16)20/h4-13H,1-3H3/q+1/i1D3. The molecule has 0 aliphatic carbocycles. The largest absolute Gasteiger partial charge is 0.256 e. The molecule has 0 fully saturated rings. The molecule has 0 bridgehead atoms. The summed E-state index contributed by atoms with van der Waals surface area (Å²) in [4.78, 5) is 4.65. The maximum atomic E-state index is 7.69. The van der Waals surface area contributed by atoms with Crippen LogP contribution in [0, 0.1) is 13.8 Å². The Morgan fingerprint density at radius 1 is 1.12 bits per heavy atom. The average Bonchev–Trinajstić information content (AvgIpc) is 3.06. The highest BCUT2D eigenvalue weighted by molar-refractivity contribution is 7.26. The third-order valence-corrected chi connectivity index (χ3v) is 6.15. The summed E-state index contributed by atoms with van der Waals surface area (Å²) in [7, 11) is 2.03. The van der Waals surface area contributed by atoms with Crippen LogP contribution in [0.25, 0.3) is 42.3 Å². The molecule has 3 heteroatoms. The van der Waals surface area contributed by atoms with E-state index in [-0.39, 0.29) is 0 Å². The number of aryl methyl sites for hydroxylation is 3. The Morgan fingerprint density at radius 3 is 2.88 bits per heavy atom. The molecule has 26 heavy (non-hydrogen) atoms. The van der Waals surface area contributed by atoms with E-state index in [4.69, 9.17) is 4.11 Å². The van der Waals surface area contributed by atoms with Crippen LogP contribution in [0.3, 0.4) is 0 Å². The van der Waals surface area contributed by atoms with Crippen LogP contribution in [0.5, 0.6) is 0 Å². The first-order valence-corrected chi connectivity index (χ1v) is 9.36. The second-order valence-electron chi connectivity index (χ2n) is 6.66. The van der Waals surface area contributed by atoms with Gasteiger partial charge >= 0.3 is 0 Å². The predicted octanol–water partition coefficient (Wildman–Crippen LogP) is 5.71. The molecule has 3 aromatic heterocycles. The van der Waals surface area contributed by atoms with Gasteiger partial charge in [0.1, 0.15) is 11.7 Å². The number of aromatic nitrogens is 2. The third kappa shape index (κ3) is 2.17. The fourth-order valence-corrected chi connectivity index (χ4v) is 5.04. The van der Waals surface area contributed by atoms with Crippen molar-refractivity contribution < 1.29 is 8.68 Å². The zero-order valence-corrected chi connectivity index (χ0v) is 15.4. The Labute approximate surface area is 160 Å². The number of nitrogens with zero attached hydrogens (tertiary/aromatic N) is 2. The monoisotopic (exact) mass is 358 g/mol. The minimum absolute atomic E-state index is 0.375. The van der Waals surface area contributed by atoms with E-state index in [9.17, 15) is 0 Å². The number of rotatable bonds is 1. The van der Waals surface area contributed by atoms with E-state index < -0.39 is 6.85 Å². The van der Waals surface area contributed by atoms with Gasteiger partial charge in [0.15, 0.2) is 6.20 Å². The summed E-state index contributed by atoms with van der Waals surface area (Å²) in [5, 5.41) is 3.50. The van der Waals surface area contributed by atoms with E-state index in [0.29, 0.717) is 5.56 Å². The molecule has 2 nitrogen and oxygen atoms in total. The van der Waals surface area contributed by atoms with Crippen molar-refractivity contribution in [2.75, 3.05) is 0 Å². The van der Waals surface area contributed by atoms with Gasteiger partial charge < -0.3 is 0 Å². The molecular weight excluding hydrogens is 336 g/mol. The molecule has 3 heterocycles. The lowest BCUT2D eigenvalue weighted by Crippen LogP contribution is -2.30. The number of pyridine rings is 2. The van der Waals surface area contributed by atoms with Crippen molar-refractivity contribution in [2.24, 2.45) is 7.05 Å². The molecule has 0 saturated heterocycles. The van der Waals surface area contributed by atoms with E-state index in [1.165, 1.54) is 20.2 Å². The summed E-state index contributed by atoms with van der Waals surface area (Å²) in [6.45, 7) is -0.118. The van der Waals surface area contributed by atoms with Crippen LogP contribution in [0.2, 0.25) is 0 Å². The van der Waals surface area contributed by atoms with E-state index in [1.54, 1.807) is 23.5 Å². The fraction of sp³-hybridized carbons (Fsp3) is 0.130. The minimum Gasteiger partial charge on any atom is -0.256 e. The quantitative estimate of drug-likeness (QED) is 0.351. The Morgan fingerprint density at radius 2 is 2.04 bits per heavy atom. The Kier molecular flexibility index (Phi) is 2.71. The number of benzene rings is 2. The van der Waals surface area contributed by atoms with Gasteiger partial charge in [-0.3, -0.25) is 4.98 Å². The first kappa shape index (κ1) is 12.6. The highest BCUT2D eigenvalue weighted by Crippen LogP contribution is 2.41. The lowest BCUT2D eigenvalue weighted by molar-refractivity contribution is -0.659. The van der Waals surface area contributed by atoms with Crippen molar-refractivity contribution >= 4 is 42.4 Å². The fourth-order valence-electron chi connectivity index (χ4n) is 3.75. The van der Waals surface area contributed by atoms with Crippen LogP contribution >= 0.6 is 11.3 Å². The smallest absolute Gasteiger partial charge is 0.230 e. The van der Waals surface area contributed by atoms with E-state index in [2.05, 4.69) is 40.0 Å². The van der Waals surface area contributed by atoms with Gasteiger partial charge in [-0.15, -0.1) is 11.3 Å². The van der Waals surface area contributed by atoms with Crippen molar-refractivity contribution in [3.8, 4) is 11.3 Å². The molecule has 5 aromatic rings. The molecule has 0 N–H and O–H groups in total. The van der Waals surface area contributed by atoms with Crippen LogP contribution in [-0.4, -0.2) is 4.98 Å². The van der Waals surface area contributed by atoms with Crippen molar-refractivity contribution in [2.45, 2.75) is 13.8 Å². The SMILES string of the molecule is [2H]C([2H])([2H])c1ccc(-c2c3sc4ccc5cccnc5c4c3cc[n+]2C)c(C)c1. The highest BCUT2D eigenvalue weighted by atomic mass is 32.1. The first-order chi connectivity index (χ1) is 13.8. The summed E-state index contributed by atoms with van der Waals surface area (Å²) in [5.74, 6) is 0. The van der Waals surface area contributed by atoms with Gasteiger partial charge in [-0.1, -0.05) is 29.8 Å². The van der Waals surface area contributed by atoms with E-state index >= 15 is 0 Å². The molecule has 0 radical (unpaired) electrons. The van der Waals surface area contributed by atoms with Crippen molar-refractivity contribution in [3.63, 3.8) is 0 Å². The maximum absolute atomic E-state index is 7.69. The van der Waals surface area contributed by atoms with Crippen LogP contribution < -0.4 is 4.57 Å². The van der Waals surface area contributed by atoms with E-state index in [0.717, 1.165) is 27.7 Å². The topological polar surface area (TPSA) is 16.8 Å². The second-order valence-corrected chi connectivity index (χ2v) is 7.72. The second kappa shape index (κ2) is 5.61. The third-order valence-electron chi connectivity index (χ3n) is 4.98. The molecule has 0 aliphatic rings. The maximum Gasteiger partial charge on any atom is 0.230 e. The molecule has 0 unspecified atom stereocenters. The molecule has 0 spiro atoms. The highest BCUT2D eigenvalue weighted by Gasteiger charge is 2.21. The zero-order valence-electron chi connectivity index (χ0n) is 17.6. The van der Waals surface area contributed by atoms with Gasteiger partial charge in [-0.25, -0.2) is 0 Å². The molecular formula is C23H19N2S+. The summed E-state index contributed by atoms with van der Waals surface area (Å²) in [6.07, 6.45) is 3.91. The summed E-state index contributed by atoms with van der Waals surface area (Å²) in [6, 6.07) is 15.9. The van der Waals surface area contributed by atoms with Crippen molar-refractivity contribution in [3.05, 3.63) is 72.1 Å². The molecule has 2 aromatic carbocycles. The summed E-state index contributed by atoms with van der Waals surface area (Å²) >= 11 is 1.76. The van der Waals surface area contributed by atoms with Gasteiger partial charge in [0.05, 0.1) is 11.1 Å². The van der Waals surface area contributed by atoms with Gasteiger partial charge in [0.2, 0.25) is 5.69 Å². The van der Waals surface area contributed by atoms with Crippen LogP contribution in [-0.2, 0) is 7.05 Å². The predicted molar refractivity (Wildman–Crippen MR) is 111 cm³/mol. The molecule has 5 rings (SSSR count). The zero-order chi connectivity index (χ0) is 20.3.